The third kappa shape index (κ3) is 4.83. The van der Waals surface area contributed by atoms with Crippen LogP contribution >= 0.6 is 0 Å². The Labute approximate surface area is 106 Å². The van der Waals surface area contributed by atoms with Crippen molar-refractivity contribution in [3.63, 3.8) is 0 Å². The van der Waals surface area contributed by atoms with Crippen LogP contribution in [0.2, 0.25) is 0 Å². The lowest BCUT2D eigenvalue weighted by Gasteiger charge is -2.21. The van der Waals surface area contributed by atoms with E-state index in [0.29, 0.717) is 6.42 Å². The number of ether oxygens (including phenoxy) is 1. The van der Waals surface area contributed by atoms with Gasteiger partial charge in [-0.05, 0) is 12.0 Å². The van der Waals surface area contributed by atoms with E-state index in [2.05, 4.69) is 5.32 Å². The van der Waals surface area contributed by atoms with Crippen molar-refractivity contribution in [2.24, 2.45) is 0 Å². The van der Waals surface area contributed by atoms with Gasteiger partial charge in [0.25, 0.3) is 0 Å². The lowest BCUT2D eigenvalue weighted by atomic mass is 10.1. The zero-order chi connectivity index (χ0) is 13.4. The Balaban J connectivity index is 2.57. The minimum absolute atomic E-state index is 0.0701. The smallest absolute Gasteiger partial charge is 0.323 e. The Morgan fingerprint density at radius 1 is 1.39 bits per heavy atom. The molecule has 0 amide bonds. The molecule has 0 saturated heterocycles. The van der Waals surface area contributed by atoms with Crippen LogP contribution in [0, 0.1) is 0 Å². The minimum Gasteiger partial charge on any atom is -0.480 e. The predicted octanol–water partition coefficient (Wildman–Crippen LogP) is 0.279. The number of aliphatic carboxylic acids is 1. The maximum atomic E-state index is 11.0. The molecule has 0 aromatic heterocycles. The Hall–Kier alpha value is -1.43. The second-order valence-electron chi connectivity index (χ2n) is 4.08. The van der Waals surface area contributed by atoms with Crippen molar-refractivity contribution in [2.45, 2.75) is 18.5 Å². The lowest BCUT2D eigenvalue weighted by Crippen LogP contribution is -2.48. The Morgan fingerprint density at radius 2 is 2.06 bits per heavy atom. The number of aliphatic hydroxyl groups is 1. The molecule has 0 radical (unpaired) electrons. The molecule has 0 spiro atoms. The summed E-state index contributed by atoms with van der Waals surface area (Å²) in [7, 11) is 1.45. The molecule has 0 aliphatic carbocycles. The molecular weight excluding hydrogens is 234 g/mol. The molecule has 5 heteroatoms. The molecule has 0 aliphatic heterocycles. The van der Waals surface area contributed by atoms with Crippen molar-refractivity contribution in [2.75, 3.05) is 20.3 Å². The van der Waals surface area contributed by atoms with Crippen LogP contribution in [0.1, 0.15) is 5.56 Å². The Morgan fingerprint density at radius 3 is 2.56 bits per heavy atom. The fraction of sp³-hybridized carbons (Fsp3) is 0.462. The molecule has 1 aromatic carbocycles. The number of benzene rings is 1. The highest BCUT2D eigenvalue weighted by Gasteiger charge is 2.21. The van der Waals surface area contributed by atoms with Crippen molar-refractivity contribution in [1.29, 1.82) is 0 Å². The van der Waals surface area contributed by atoms with Gasteiger partial charge in [0.05, 0.1) is 13.2 Å². The van der Waals surface area contributed by atoms with E-state index in [0.717, 1.165) is 5.56 Å². The van der Waals surface area contributed by atoms with Gasteiger partial charge in [-0.15, -0.1) is 0 Å². The van der Waals surface area contributed by atoms with Gasteiger partial charge in [-0.1, -0.05) is 30.3 Å². The van der Waals surface area contributed by atoms with Crippen LogP contribution in [0.3, 0.4) is 0 Å². The zero-order valence-corrected chi connectivity index (χ0v) is 10.4. The predicted molar refractivity (Wildman–Crippen MR) is 67.5 cm³/mol. The van der Waals surface area contributed by atoms with Gasteiger partial charge >= 0.3 is 5.97 Å². The van der Waals surface area contributed by atoms with Crippen LogP contribution in [0.25, 0.3) is 0 Å². The van der Waals surface area contributed by atoms with E-state index in [1.807, 2.05) is 30.3 Å². The first kappa shape index (κ1) is 14.6. The van der Waals surface area contributed by atoms with Crippen LogP contribution in [0.15, 0.2) is 30.3 Å². The van der Waals surface area contributed by atoms with Gasteiger partial charge in [-0.3, -0.25) is 10.1 Å². The highest BCUT2D eigenvalue weighted by Crippen LogP contribution is 2.04. The van der Waals surface area contributed by atoms with E-state index in [9.17, 15) is 9.90 Å². The summed E-state index contributed by atoms with van der Waals surface area (Å²) in [5.41, 5.74) is 1.05. The van der Waals surface area contributed by atoms with Crippen LogP contribution in [-0.4, -0.2) is 48.6 Å². The van der Waals surface area contributed by atoms with Crippen LogP contribution in [0.5, 0.6) is 0 Å². The number of nitrogens with one attached hydrogen (secondary N) is 1. The van der Waals surface area contributed by atoms with E-state index in [1.165, 1.54) is 7.11 Å². The van der Waals surface area contributed by atoms with Crippen molar-refractivity contribution in [1.82, 2.24) is 5.32 Å². The SMILES string of the molecule is COCC(NC(CO)Cc1ccccc1)C(=O)O. The standard InChI is InChI=1S/C13H19NO4/c1-18-9-12(13(16)17)14-11(8-15)7-10-5-3-2-4-6-10/h2-6,11-12,14-15H,7-9H2,1H3,(H,16,17). The number of hydrogen-bond acceptors (Lipinski definition) is 4. The molecular formula is C13H19NO4. The van der Waals surface area contributed by atoms with E-state index < -0.39 is 12.0 Å². The van der Waals surface area contributed by atoms with E-state index in [1.54, 1.807) is 0 Å². The third-order valence-corrected chi connectivity index (χ3v) is 2.61. The number of hydrogen-bond donors (Lipinski definition) is 3. The summed E-state index contributed by atoms with van der Waals surface area (Å²) in [5, 5.41) is 21.2. The van der Waals surface area contributed by atoms with E-state index in [-0.39, 0.29) is 19.3 Å². The van der Waals surface area contributed by atoms with Crippen LogP contribution < -0.4 is 5.32 Å². The fourth-order valence-electron chi connectivity index (χ4n) is 1.72. The maximum Gasteiger partial charge on any atom is 0.323 e. The molecule has 1 rings (SSSR count). The van der Waals surface area contributed by atoms with Crippen molar-refractivity contribution in [3.8, 4) is 0 Å². The Kier molecular flexibility index (Phi) is 6.35. The molecule has 0 fully saturated rings. The van der Waals surface area contributed by atoms with Gasteiger partial charge < -0.3 is 14.9 Å². The molecule has 0 saturated carbocycles. The van der Waals surface area contributed by atoms with Gasteiger partial charge in [-0.2, -0.15) is 0 Å². The molecule has 2 unspecified atom stereocenters. The number of carboxylic acid groups (broad SMARTS) is 1. The average Bonchev–Trinajstić information content (AvgIpc) is 2.38. The normalized spacial score (nSPS) is 14.1. The fourth-order valence-corrected chi connectivity index (χ4v) is 1.72. The molecule has 3 N–H and O–H groups in total. The number of methoxy groups -OCH3 is 1. The maximum absolute atomic E-state index is 11.0. The van der Waals surface area contributed by atoms with Gasteiger partial charge in [0.2, 0.25) is 0 Å². The lowest BCUT2D eigenvalue weighted by molar-refractivity contribution is -0.141. The summed E-state index contributed by atoms with van der Waals surface area (Å²) in [4.78, 5) is 11.0. The summed E-state index contributed by atoms with van der Waals surface area (Å²) < 4.78 is 4.84. The quantitative estimate of drug-likeness (QED) is 0.620. The van der Waals surface area contributed by atoms with Gasteiger partial charge in [0.15, 0.2) is 0 Å². The van der Waals surface area contributed by atoms with Crippen molar-refractivity contribution < 1.29 is 19.7 Å². The third-order valence-electron chi connectivity index (χ3n) is 2.61. The van der Waals surface area contributed by atoms with Crippen molar-refractivity contribution in [3.05, 3.63) is 35.9 Å². The molecule has 0 bridgehead atoms. The van der Waals surface area contributed by atoms with E-state index >= 15 is 0 Å². The summed E-state index contributed by atoms with van der Waals surface area (Å²) in [5.74, 6) is -0.983. The first-order valence-corrected chi connectivity index (χ1v) is 5.80. The number of carbonyl (C=O) groups is 1. The topological polar surface area (TPSA) is 78.8 Å². The molecule has 100 valence electrons. The highest BCUT2D eigenvalue weighted by molar-refractivity contribution is 5.73. The molecule has 1 aromatic rings. The van der Waals surface area contributed by atoms with Gasteiger partial charge in [0, 0.05) is 13.2 Å². The molecule has 5 nitrogen and oxygen atoms in total. The molecule has 0 heterocycles. The molecule has 2 atom stereocenters. The van der Waals surface area contributed by atoms with E-state index in [4.69, 9.17) is 9.84 Å². The minimum atomic E-state index is -0.983. The first-order chi connectivity index (χ1) is 8.67. The largest absolute Gasteiger partial charge is 0.480 e. The van der Waals surface area contributed by atoms with Crippen LogP contribution in [0.4, 0.5) is 0 Å². The molecule has 0 aliphatic rings. The molecule has 18 heavy (non-hydrogen) atoms. The Bertz CT molecular complexity index is 355. The summed E-state index contributed by atoms with van der Waals surface area (Å²) >= 11 is 0. The second-order valence-corrected chi connectivity index (χ2v) is 4.08. The van der Waals surface area contributed by atoms with Gasteiger partial charge in [0.1, 0.15) is 6.04 Å². The summed E-state index contributed by atoms with van der Waals surface area (Å²) in [6.07, 6.45) is 0.574. The monoisotopic (exact) mass is 253 g/mol. The first-order valence-electron chi connectivity index (χ1n) is 5.80. The number of carboxylic acids is 1. The van der Waals surface area contributed by atoms with Crippen LogP contribution in [-0.2, 0) is 16.0 Å². The number of aliphatic hydroxyl groups excluding tert-OH is 1. The average molecular weight is 253 g/mol. The van der Waals surface area contributed by atoms with Gasteiger partial charge in [-0.25, -0.2) is 0 Å². The second kappa shape index (κ2) is 7.81. The zero-order valence-electron chi connectivity index (χ0n) is 10.4. The summed E-state index contributed by atoms with van der Waals surface area (Å²) in [6.45, 7) is -0.0526. The summed E-state index contributed by atoms with van der Waals surface area (Å²) in [6, 6.07) is 8.50. The van der Waals surface area contributed by atoms with Crippen molar-refractivity contribution >= 4 is 5.97 Å². The number of rotatable bonds is 8. The highest BCUT2D eigenvalue weighted by atomic mass is 16.5.